The highest BCUT2D eigenvalue weighted by atomic mass is 16.5. The Labute approximate surface area is 210 Å². The lowest BCUT2D eigenvalue weighted by atomic mass is 9.67. The van der Waals surface area contributed by atoms with Crippen molar-refractivity contribution in [3.63, 3.8) is 0 Å². The van der Waals surface area contributed by atoms with Gasteiger partial charge in [0.1, 0.15) is 12.0 Å². The molecule has 2 bridgehead atoms. The molecule has 2 aliphatic rings. The Balaban J connectivity index is 1.29. The molecule has 180 valence electrons. The summed E-state index contributed by atoms with van der Waals surface area (Å²) in [4.78, 5) is 0. The molecule has 5 rings (SSSR count). The lowest BCUT2D eigenvalue weighted by Crippen LogP contribution is -2.59. The van der Waals surface area contributed by atoms with Crippen LogP contribution in [0.3, 0.4) is 0 Å². The van der Waals surface area contributed by atoms with Crippen molar-refractivity contribution in [3.05, 3.63) is 108 Å². The highest BCUT2D eigenvalue weighted by Crippen LogP contribution is 2.48. The van der Waals surface area contributed by atoms with E-state index in [1.807, 2.05) is 18.2 Å². The van der Waals surface area contributed by atoms with Gasteiger partial charge in [-0.1, -0.05) is 91.0 Å². The van der Waals surface area contributed by atoms with Gasteiger partial charge in [0, 0.05) is 25.7 Å². The Morgan fingerprint density at radius 2 is 1.34 bits per heavy atom. The Morgan fingerprint density at radius 1 is 0.829 bits per heavy atom. The van der Waals surface area contributed by atoms with Crippen molar-refractivity contribution < 1.29 is 9.22 Å². The van der Waals surface area contributed by atoms with Crippen LogP contribution >= 0.6 is 0 Å². The van der Waals surface area contributed by atoms with E-state index in [9.17, 15) is 5.26 Å². The first-order valence-corrected chi connectivity index (χ1v) is 13.1. The van der Waals surface area contributed by atoms with E-state index in [-0.39, 0.29) is 0 Å². The van der Waals surface area contributed by atoms with Gasteiger partial charge in [-0.25, -0.2) is 0 Å². The van der Waals surface area contributed by atoms with Crippen molar-refractivity contribution in [1.29, 1.82) is 5.26 Å². The van der Waals surface area contributed by atoms with E-state index < -0.39 is 5.41 Å². The Bertz CT molecular complexity index is 1070. The third-order valence-electron chi connectivity index (χ3n) is 8.86. The van der Waals surface area contributed by atoms with Crippen LogP contribution in [0.5, 0.6) is 0 Å². The van der Waals surface area contributed by atoms with Crippen LogP contribution in [-0.4, -0.2) is 36.8 Å². The standard InChI is InChI=1S/C32H37N2O/c1-34(19-20-35-24-26-11-5-2-6-12-26)30-17-18-31(34)22-27(21-30)23-32(25-33,28-13-7-3-8-14-28)29-15-9-4-10-16-29/h2-16,27,30-31H,17-24H2,1H3/q+1/t27?,30-,31+,34?. The van der Waals surface area contributed by atoms with Crippen LogP contribution in [0.25, 0.3) is 0 Å². The Morgan fingerprint density at radius 3 is 1.86 bits per heavy atom. The highest BCUT2D eigenvalue weighted by molar-refractivity contribution is 5.46. The zero-order chi connectivity index (χ0) is 24.1. The molecule has 3 aromatic rings. The normalized spacial score (nSPS) is 25.8. The second-order valence-corrected chi connectivity index (χ2v) is 10.8. The lowest BCUT2D eigenvalue weighted by Gasteiger charge is -2.48. The van der Waals surface area contributed by atoms with Crippen LogP contribution in [0, 0.1) is 17.2 Å². The third-order valence-corrected chi connectivity index (χ3v) is 8.86. The van der Waals surface area contributed by atoms with Gasteiger partial charge in [-0.3, -0.25) is 0 Å². The average molecular weight is 466 g/mol. The quantitative estimate of drug-likeness (QED) is 0.267. The van der Waals surface area contributed by atoms with Crippen molar-refractivity contribution in [3.8, 4) is 6.07 Å². The van der Waals surface area contributed by atoms with Gasteiger partial charge in [0.15, 0.2) is 0 Å². The van der Waals surface area contributed by atoms with Crippen LogP contribution in [0.1, 0.15) is 48.8 Å². The van der Waals surface area contributed by atoms with Gasteiger partial charge in [-0.05, 0) is 29.0 Å². The largest absolute Gasteiger partial charge is 0.371 e. The molecule has 3 nitrogen and oxygen atoms in total. The van der Waals surface area contributed by atoms with Gasteiger partial charge in [0.2, 0.25) is 0 Å². The number of likely N-dealkylation sites (N-methyl/N-ethyl adjacent to an activating group) is 1. The van der Waals surface area contributed by atoms with Gasteiger partial charge in [-0.2, -0.15) is 5.26 Å². The molecule has 0 radical (unpaired) electrons. The predicted molar refractivity (Wildman–Crippen MR) is 141 cm³/mol. The minimum absolute atomic E-state index is 0.559. The van der Waals surface area contributed by atoms with Crippen molar-refractivity contribution in [1.82, 2.24) is 0 Å². The number of nitriles is 1. The van der Waals surface area contributed by atoms with Crippen LogP contribution in [-0.2, 0) is 16.8 Å². The Kier molecular flexibility index (Phi) is 7.04. The van der Waals surface area contributed by atoms with Gasteiger partial charge < -0.3 is 9.22 Å². The maximum Gasteiger partial charge on any atom is 0.107 e. The second kappa shape index (κ2) is 10.4. The van der Waals surface area contributed by atoms with Crippen LogP contribution < -0.4 is 0 Å². The summed E-state index contributed by atoms with van der Waals surface area (Å²) in [6.07, 6.45) is 5.90. The van der Waals surface area contributed by atoms with E-state index in [0.29, 0.717) is 24.6 Å². The van der Waals surface area contributed by atoms with Crippen LogP contribution in [0.2, 0.25) is 0 Å². The summed E-state index contributed by atoms with van der Waals surface area (Å²) >= 11 is 0. The molecule has 0 aromatic heterocycles. The van der Waals surface area contributed by atoms with Crippen LogP contribution in [0.15, 0.2) is 91.0 Å². The van der Waals surface area contributed by atoms with E-state index in [1.165, 1.54) is 31.2 Å². The maximum absolute atomic E-state index is 10.6. The number of fused-ring (bicyclic) bond motifs is 2. The molecule has 2 heterocycles. The fourth-order valence-electron chi connectivity index (χ4n) is 6.87. The summed E-state index contributed by atoms with van der Waals surface area (Å²) in [5.74, 6) is 0.559. The van der Waals surface area contributed by atoms with Gasteiger partial charge >= 0.3 is 0 Å². The summed E-state index contributed by atoms with van der Waals surface area (Å²) in [5, 5.41) is 10.6. The first-order chi connectivity index (χ1) is 17.1. The molecule has 2 fully saturated rings. The molecule has 0 aliphatic carbocycles. The number of quaternary nitrogens is 1. The third kappa shape index (κ3) is 4.79. The molecule has 2 unspecified atom stereocenters. The number of hydrogen-bond donors (Lipinski definition) is 0. The minimum atomic E-state index is -0.591. The maximum atomic E-state index is 10.6. The summed E-state index contributed by atoms with van der Waals surface area (Å²) in [5.41, 5.74) is 2.90. The zero-order valence-electron chi connectivity index (χ0n) is 20.9. The molecule has 0 N–H and O–H groups in total. The van der Waals surface area contributed by atoms with Gasteiger partial charge in [0.05, 0.1) is 38.4 Å². The molecule has 4 atom stereocenters. The summed E-state index contributed by atoms with van der Waals surface area (Å²) in [7, 11) is 2.45. The molecule has 2 aliphatic heterocycles. The molecular weight excluding hydrogens is 428 g/mol. The van der Waals surface area contributed by atoms with Gasteiger partial charge in [0.25, 0.3) is 0 Å². The number of piperidine rings is 1. The fourth-order valence-corrected chi connectivity index (χ4v) is 6.87. The highest BCUT2D eigenvalue weighted by Gasteiger charge is 2.52. The smallest absolute Gasteiger partial charge is 0.107 e. The molecule has 35 heavy (non-hydrogen) atoms. The average Bonchev–Trinajstić information content (AvgIpc) is 3.07. The summed E-state index contributed by atoms with van der Waals surface area (Å²) < 4.78 is 7.23. The molecule has 3 heteroatoms. The first-order valence-electron chi connectivity index (χ1n) is 13.1. The molecular formula is C32H37N2O+. The van der Waals surface area contributed by atoms with E-state index in [0.717, 1.165) is 35.2 Å². The number of hydrogen-bond acceptors (Lipinski definition) is 2. The SMILES string of the molecule is C[N+]1(CCOCc2ccccc2)[C@@H]2CC[C@H]1CC(CC(C#N)(c1ccccc1)c1ccccc1)C2. The fraction of sp³-hybridized carbons (Fsp3) is 0.406. The predicted octanol–water partition coefficient (Wildman–Crippen LogP) is 6.49. The van der Waals surface area contributed by atoms with Gasteiger partial charge in [-0.15, -0.1) is 0 Å². The van der Waals surface area contributed by atoms with Crippen molar-refractivity contribution in [2.75, 3.05) is 20.2 Å². The van der Waals surface area contributed by atoms with Crippen molar-refractivity contribution in [2.24, 2.45) is 5.92 Å². The molecule has 0 amide bonds. The van der Waals surface area contributed by atoms with Crippen molar-refractivity contribution in [2.45, 2.75) is 56.2 Å². The number of rotatable bonds is 9. The number of nitrogens with zero attached hydrogens (tertiary/aromatic N) is 2. The topological polar surface area (TPSA) is 33.0 Å². The van der Waals surface area contributed by atoms with E-state index in [4.69, 9.17) is 4.74 Å². The lowest BCUT2D eigenvalue weighted by molar-refractivity contribution is -0.949. The summed E-state index contributed by atoms with van der Waals surface area (Å²) in [6.45, 7) is 2.58. The van der Waals surface area contributed by atoms with E-state index in [2.05, 4.69) is 85.9 Å². The molecule has 0 saturated carbocycles. The van der Waals surface area contributed by atoms with Crippen molar-refractivity contribution >= 4 is 0 Å². The number of benzene rings is 3. The van der Waals surface area contributed by atoms with Crippen LogP contribution in [0.4, 0.5) is 0 Å². The van der Waals surface area contributed by atoms with E-state index in [1.54, 1.807) is 0 Å². The zero-order valence-corrected chi connectivity index (χ0v) is 20.9. The monoisotopic (exact) mass is 465 g/mol. The molecule has 3 aromatic carbocycles. The minimum Gasteiger partial charge on any atom is -0.371 e. The number of ether oxygens (including phenoxy) is 1. The molecule has 2 saturated heterocycles. The Hall–Kier alpha value is -2.93. The first kappa shape index (κ1) is 23.8. The molecule has 0 spiro atoms. The van der Waals surface area contributed by atoms with E-state index >= 15 is 0 Å². The summed E-state index contributed by atoms with van der Waals surface area (Å²) in [6, 6.07) is 35.5. The second-order valence-electron chi connectivity index (χ2n) is 10.8.